The number of hydrogen-bond donors (Lipinski definition) is 1. The monoisotopic (exact) mass is 482 g/mol. The number of benzene rings is 1. The molecule has 6 nitrogen and oxygen atoms in total. The van der Waals surface area contributed by atoms with Gasteiger partial charge in [0.1, 0.15) is 17.1 Å². The maximum absolute atomic E-state index is 13.2. The van der Waals surface area contributed by atoms with Crippen molar-refractivity contribution in [2.24, 2.45) is 11.8 Å². The molecule has 1 aromatic carbocycles. The Labute approximate surface area is 186 Å². The molecule has 0 amide bonds. The zero-order valence-electron chi connectivity index (χ0n) is 18.6. The fourth-order valence-electron chi connectivity index (χ4n) is 3.83. The number of carbonyl (C=O) groups excluding carboxylic acids is 3. The van der Waals surface area contributed by atoms with Gasteiger partial charge in [0.15, 0.2) is 5.78 Å². The molecular weight excluding hydrogens is 452 g/mol. The molecule has 30 heavy (non-hydrogen) atoms. The summed E-state index contributed by atoms with van der Waals surface area (Å²) in [5, 5.41) is 11.1. The summed E-state index contributed by atoms with van der Waals surface area (Å²) in [4.78, 5) is 39.3. The lowest BCUT2D eigenvalue weighted by molar-refractivity contribution is -0.182. The number of hydrogen-bond acceptors (Lipinski definition) is 6. The van der Waals surface area contributed by atoms with Crippen molar-refractivity contribution in [3.05, 3.63) is 34.3 Å². The number of ketones is 1. The van der Waals surface area contributed by atoms with Gasteiger partial charge in [0.25, 0.3) is 0 Å². The third kappa shape index (κ3) is 5.91. The second-order valence-corrected chi connectivity index (χ2v) is 11.0. The van der Waals surface area contributed by atoms with Gasteiger partial charge in [-0.05, 0) is 66.2 Å². The van der Waals surface area contributed by atoms with Gasteiger partial charge in [-0.1, -0.05) is 28.1 Å². The first-order valence-corrected chi connectivity index (χ1v) is 10.8. The molecule has 0 bridgehead atoms. The van der Waals surface area contributed by atoms with Crippen molar-refractivity contribution < 1.29 is 29.0 Å². The zero-order chi connectivity index (χ0) is 23.1. The second kappa shape index (κ2) is 8.42. The summed E-state index contributed by atoms with van der Waals surface area (Å²) in [5.74, 6) is -5.07. The summed E-state index contributed by atoms with van der Waals surface area (Å²) < 4.78 is 11.9. The molecule has 0 aliphatic heterocycles. The molecule has 0 spiro atoms. The van der Waals surface area contributed by atoms with Crippen LogP contribution in [0.1, 0.15) is 66.4 Å². The van der Waals surface area contributed by atoms with Gasteiger partial charge < -0.3 is 14.6 Å². The van der Waals surface area contributed by atoms with Crippen LogP contribution in [0.25, 0.3) is 0 Å². The highest BCUT2D eigenvalue weighted by molar-refractivity contribution is 9.10. The largest absolute Gasteiger partial charge is 0.460 e. The van der Waals surface area contributed by atoms with Crippen LogP contribution in [0, 0.1) is 11.8 Å². The Hall–Kier alpha value is -1.73. The number of ether oxygens (including phenoxy) is 2. The van der Waals surface area contributed by atoms with Gasteiger partial charge in [0.2, 0.25) is 0 Å². The molecule has 0 aromatic heterocycles. The van der Waals surface area contributed by atoms with E-state index in [0.717, 1.165) is 4.47 Å². The van der Waals surface area contributed by atoms with Crippen LogP contribution in [0.2, 0.25) is 0 Å². The SMILES string of the molecule is CC(C)(C)OC(=O)[C@H]1C(=O)C[C@@](C)(O)[C@@H](C(=O)OC(C)(C)C)[C@H]1c1ccc(Br)cc1. The van der Waals surface area contributed by atoms with Gasteiger partial charge in [-0.15, -0.1) is 0 Å². The average Bonchev–Trinajstić information content (AvgIpc) is 2.50. The first kappa shape index (κ1) is 24.5. The van der Waals surface area contributed by atoms with E-state index in [2.05, 4.69) is 15.9 Å². The summed E-state index contributed by atoms with van der Waals surface area (Å²) in [7, 11) is 0. The third-order valence-corrected chi connectivity index (χ3v) is 5.37. The van der Waals surface area contributed by atoms with E-state index in [-0.39, 0.29) is 6.42 Å². The van der Waals surface area contributed by atoms with E-state index in [0.29, 0.717) is 5.56 Å². The third-order valence-electron chi connectivity index (χ3n) is 4.84. The van der Waals surface area contributed by atoms with Crippen LogP contribution < -0.4 is 0 Å². The van der Waals surface area contributed by atoms with Crippen LogP contribution in [0.3, 0.4) is 0 Å². The summed E-state index contributed by atoms with van der Waals surface area (Å²) in [5.41, 5.74) is -2.68. The van der Waals surface area contributed by atoms with Crippen LogP contribution in [0.4, 0.5) is 0 Å². The van der Waals surface area contributed by atoms with E-state index in [1.165, 1.54) is 6.92 Å². The molecule has 1 aliphatic carbocycles. The number of carbonyl (C=O) groups is 3. The summed E-state index contributed by atoms with van der Waals surface area (Å²) in [6.45, 7) is 11.8. The Kier molecular flexibility index (Phi) is 6.89. The summed E-state index contributed by atoms with van der Waals surface area (Å²) in [6, 6.07) is 7.00. The summed E-state index contributed by atoms with van der Waals surface area (Å²) >= 11 is 3.37. The molecule has 0 radical (unpaired) electrons. The Balaban J connectivity index is 2.62. The highest BCUT2D eigenvalue weighted by atomic mass is 79.9. The molecule has 0 unspecified atom stereocenters. The predicted octanol–water partition coefficient (Wildman–Crippen LogP) is 4.17. The van der Waals surface area contributed by atoms with Gasteiger partial charge in [0.05, 0.1) is 11.5 Å². The van der Waals surface area contributed by atoms with Crippen molar-refractivity contribution >= 4 is 33.7 Å². The molecule has 1 aromatic rings. The van der Waals surface area contributed by atoms with Gasteiger partial charge in [-0.25, -0.2) is 0 Å². The lowest BCUT2D eigenvalue weighted by atomic mass is 9.61. The van der Waals surface area contributed by atoms with Crippen molar-refractivity contribution in [3.63, 3.8) is 0 Å². The number of Topliss-reactive ketones (excluding diaryl/α,β-unsaturated/α-hetero) is 1. The van der Waals surface area contributed by atoms with E-state index in [9.17, 15) is 19.5 Å². The van der Waals surface area contributed by atoms with Crippen molar-refractivity contribution in [1.29, 1.82) is 0 Å². The molecule has 1 N–H and O–H groups in total. The quantitative estimate of drug-likeness (QED) is 0.513. The second-order valence-electron chi connectivity index (χ2n) is 10.1. The molecule has 0 heterocycles. The Morgan fingerprint density at radius 3 is 1.93 bits per heavy atom. The first-order chi connectivity index (χ1) is 13.5. The van der Waals surface area contributed by atoms with Crippen molar-refractivity contribution in [3.8, 4) is 0 Å². The summed E-state index contributed by atoms with van der Waals surface area (Å²) in [6.07, 6.45) is -0.339. The van der Waals surface area contributed by atoms with Crippen LogP contribution in [-0.4, -0.2) is 39.6 Å². The number of rotatable bonds is 3. The van der Waals surface area contributed by atoms with Crippen molar-refractivity contribution in [1.82, 2.24) is 0 Å². The van der Waals surface area contributed by atoms with Crippen LogP contribution in [-0.2, 0) is 23.9 Å². The van der Waals surface area contributed by atoms with E-state index in [1.807, 2.05) is 0 Å². The van der Waals surface area contributed by atoms with E-state index in [1.54, 1.807) is 65.8 Å². The molecule has 0 saturated heterocycles. The molecule has 1 aliphatic rings. The minimum Gasteiger partial charge on any atom is -0.460 e. The fourth-order valence-corrected chi connectivity index (χ4v) is 4.10. The Bertz CT molecular complexity index is 814. The molecule has 2 rings (SSSR count). The first-order valence-electron chi connectivity index (χ1n) is 9.98. The van der Waals surface area contributed by atoms with E-state index < -0.39 is 52.3 Å². The number of halogens is 1. The number of esters is 2. The maximum Gasteiger partial charge on any atom is 0.317 e. The Morgan fingerprint density at radius 1 is 1.00 bits per heavy atom. The molecule has 1 saturated carbocycles. The van der Waals surface area contributed by atoms with E-state index >= 15 is 0 Å². The minimum atomic E-state index is -1.67. The molecular formula is C23H31BrO6. The predicted molar refractivity (Wildman–Crippen MR) is 116 cm³/mol. The fraction of sp³-hybridized carbons (Fsp3) is 0.609. The number of aliphatic hydroxyl groups is 1. The maximum atomic E-state index is 13.2. The Morgan fingerprint density at radius 2 is 1.47 bits per heavy atom. The van der Waals surface area contributed by atoms with Gasteiger partial charge in [-0.2, -0.15) is 0 Å². The van der Waals surface area contributed by atoms with Crippen molar-refractivity contribution in [2.75, 3.05) is 0 Å². The lowest BCUT2D eigenvalue weighted by Gasteiger charge is -2.44. The van der Waals surface area contributed by atoms with E-state index in [4.69, 9.17) is 9.47 Å². The highest BCUT2D eigenvalue weighted by Crippen LogP contribution is 2.47. The van der Waals surface area contributed by atoms with Crippen LogP contribution >= 0.6 is 15.9 Å². The zero-order valence-corrected chi connectivity index (χ0v) is 20.2. The topological polar surface area (TPSA) is 89.9 Å². The molecule has 166 valence electrons. The van der Waals surface area contributed by atoms with Crippen LogP contribution in [0.15, 0.2) is 28.7 Å². The normalized spacial score (nSPS) is 27.5. The standard InChI is InChI=1S/C23H31BrO6/c1-21(2,3)29-19(26)17-15(25)12-23(7,28)18(20(27)30-22(4,5)6)16(17)13-8-10-14(24)11-9-13/h8-11,16-18,28H,12H2,1-7H3/t16-,17-,18+,23+/m0/s1. The smallest absolute Gasteiger partial charge is 0.317 e. The molecule has 1 fully saturated rings. The highest BCUT2D eigenvalue weighted by Gasteiger charge is 2.57. The van der Waals surface area contributed by atoms with Gasteiger partial charge >= 0.3 is 11.9 Å². The molecule has 4 atom stereocenters. The average molecular weight is 483 g/mol. The minimum absolute atomic E-state index is 0.339. The molecule has 7 heteroatoms. The lowest BCUT2D eigenvalue weighted by Crippen LogP contribution is -2.56. The van der Waals surface area contributed by atoms with Crippen LogP contribution in [0.5, 0.6) is 0 Å². The van der Waals surface area contributed by atoms with Gasteiger partial charge in [-0.3, -0.25) is 14.4 Å². The van der Waals surface area contributed by atoms with Crippen molar-refractivity contribution in [2.45, 2.75) is 77.6 Å². The van der Waals surface area contributed by atoms with Gasteiger partial charge in [0, 0.05) is 16.8 Å².